The molecule has 5 N–H and O–H groups in total. The molecule has 1 unspecified atom stereocenters. The Hall–Kier alpha value is -3.83. The van der Waals surface area contributed by atoms with E-state index >= 15 is 0 Å². The van der Waals surface area contributed by atoms with Gasteiger partial charge in [-0.25, -0.2) is 0 Å². The number of carbonyl (C=O) groups excluding carboxylic acids is 1. The van der Waals surface area contributed by atoms with Crippen LogP contribution in [0.2, 0.25) is 0 Å². The average molecular weight is 412 g/mol. The average Bonchev–Trinajstić information content (AvgIpc) is 2.80. The summed E-state index contributed by atoms with van der Waals surface area (Å²) in [6, 6.07) is 21.5. The number of hydrogen-bond donors (Lipinski definition) is 3. The van der Waals surface area contributed by atoms with Gasteiger partial charge in [0.05, 0.1) is 0 Å². The Morgan fingerprint density at radius 3 is 1.87 bits per heavy atom. The highest BCUT2D eigenvalue weighted by Crippen LogP contribution is 2.28. The van der Waals surface area contributed by atoms with Crippen molar-refractivity contribution in [2.45, 2.75) is 18.9 Å². The molecule has 0 saturated carbocycles. The summed E-state index contributed by atoms with van der Waals surface area (Å²) in [7, 11) is 0. The van der Waals surface area contributed by atoms with Gasteiger partial charge in [-0.3, -0.25) is 4.79 Å². The number of carbonyl (C=O) groups is 1. The first-order valence-electron chi connectivity index (χ1n) is 10.1. The second-order valence-electron chi connectivity index (χ2n) is 7.53. The Labute approximate surface area is 181 Å². The lowest BCUT2D eigenvalue weighted by molar-refractivity contribution is 0.103. The van der Waals surface area contributed by atoms with Crippen molar-refractivity contribution in [2.24, 2.45) is 5.73 Å². The van der Waals surface area contributed by atoms with Crippen LogP contribution in [0.15, 0.2) is 96.2 Å². The number of nitrogen functional groups attached to an aromatic ring is 1. The van der Waals surface area contributed by atoms with Gasteiger partial charge in [-0.2, -0.15) is 0 Å². The van der Waals surface area contributed by atoms with Gasteiger partial charge in [0.2, 0.25) is 0 Å². The number of nitrogens with two attached hydrogens (primary N) is 2. The second-order valence-corrected chi connectivity index (χ2v) is 7.53. The van der Waals surface area contributed by atoms with Gasteiger partial charge in [0.25, 0.3) is 0 Å². The molecule has 0 aromatic heterocycles. The van der Waals surface area contributed by atoms with Crippen LogP contribution in [0.3, 0.4) is 0 Å². The van der Waals surface area contributed by atoms with Gasteiger partial charge in [-0.05, 0) is 78.6 Å². The van der Waals surface area contributed by atoms with Gasteiger partial charge in [0, 0.05) is 22.5 Å². The summed E-state index contributed by atoms with van der Waals surface area (Å²) in [6.45, 7) is 0. The van der Waals surface area contributed by atoms with Gasteiger partial charge in [-0.15, -0.1) is 0 Å². The predicted octanol–water partition coefficient (Wildman–Crippen LogP) is 4.89. The molecular weight excluding hydrogens is 388 g/mol. The Morgan fingerprint density at radius 2 is 1.32 bits per heavy atom. The van der Waals surface area contributed by atoms with Crippen molar-refractivity contribution in [1.29, 1.82) is 0 Å². The highest BCUT2D eigenvalue weighted by molar-refractivity contribution is 6.09. The van der Waals surface area contributed by atoms with Gasteiger partial charge < -0.3 is 21.3 Å². The quantitative estimate of drug-likeness (QED) is 0.396. The van der Waals surface area contributed by atoms with E-state index in [2.05, 4.69) is 0 Å². The maximum Gasteiger partial charge on any atom is 0.189 e. The summed E-state index contributed by atoms with van der Waals surface area (Å²) in [5.74, 6) is 1.28. The van der Waals surface area contributed by atoms with Gasteiger partial charge >= 0.3 is 0 Å². The molecule has 0 heterocycles. The maximum atomic E-state index is 12.6. The molecule has 0 bridgehead atoms. The lowest BCUT2D eigenvalue weighted by atomic mass is 9.95. The molecule has 4 rings (SSSR count). The molecular formula is C26H24N2O3. The van der Waals surface area contributed by atoms with Crippen LogP contribution in [-0.2, 0) is 0 Å². The fraction of sp³-hybridized carbons (Fsp3) is 0.115. The summed E-state index contributed by atoms with van der Waals surface area (Å²) in [5, 5.41) is 10.5. The number of hydrogen-bond acceptors (Lipinski definition) is 5. The highest BCUT2D eigenvalue weighted by atomic mass is 16.5. The van der Waals surface area contributed by atoms with Crippen molar-refractivity contribution >= 4 is 11.5 Å². The molecule has 3 aromatic carbocycles. The minimum Gasteiger partial charge on any atom is -0.457 e. The van der Waals surface area contributed by atoms with Gasteiger partial charge in [0.15, 0.2) is 5.78 Å². The number of Topliss-reactive ketones (excluding diaryl/α,β-unsaturated/α-hetero) is 1. The van der Waals surface area contributed by atoms with E-state index in [1.807, 2.05) is 24.3 Å². The second kappa shape index (κ2) is 8.90. The minimum atomic E-state index is -0.737. The van der Waals surface area contributed by atoms with Crippen molar-refractivity contribution in [3.05, 3.63) is 113 Å². The fourth-order valence-electron chi connectivity index (χ4n) is 3.43. The third-order valence-electron chi connectivity index (χ3n) is 5.27. The van der Waals surface area contributed by atoms with E-state index in [4.69, 9.17) is 16.2 Å². The summed E-state index contributed by atoms with van der Waals surface area (Å²) >= 11 is 0. The van der Waals surface area contributed by atoms with Crippen molar-refractivity contribution < 1.29 is 14.6 Å². The number of ether oxygens (including phenoxy) is 1. The summed E-state index contributed by atoms with van der Waals surface area (Å²) in [6.07, 6.45) is 4.23. The van der Waals surface area contributed by atoms with Crippen LogP contribution in [-0.4, -0.2) is 10.9 Å². The van der Waals surface area contributed by atoms with Crippen molar-refractivity contribution in [3.63, 3.8) is 0 Å². The zero-order chi connectivity index (χ0) is 21.8. The zero-order valence-corrected chi connectivity index (χ0v) is 17.0. The molecule has 1 atom stereocenters. The van der Waals surface area contributed by atoms with Crippen LogP contribution in [0, 0.1) is 0 Å². The molecule has 1 aliphatic carbocycles. The summed E-state index contributed by atoms with van der Waals surface area (Å²) in [5.41, 5.74) is 15.8. The van der Waals surface area contributed by atoms with E-state index in [-0.39, 0.29) is 5.78 Å². The first kappa shape index (κ1) is 20.4. The van der Waals surface area contributed by atoms with Crippen LogP contribution in [0.4, 0.5) is 5.69 Å². The monoisotopic (exact) mass is 412 g/mol. The number of allylic oxidation sites excluding steroid dienone is 4. The van der Waals surface area contributed by atoms with E-state index in [0.717, 1.165) is 22.4 Å². The molecule has 0 radical (unpaired) electrons. The van der Waals surface area contributed by atoms with Crippen molar-refractivity contribution in [2.75, 3.05) is 5.73 Å². The highest BCUT2D eigenvalue weighted by Gasteiger charge is 2.15. The number of ketones is 1. The summed E-state index contributed by atoms with van der Waals surface area (Å²) in [4.78, 5) is 12.6. The third kappa shape index (κ3) is 4.85. The fourth-order valence-corrected chi connectivity index (χ4v) is 3.43. The maximum absolute atomic E-state index is 12.6. The third-order valence-corrected chi connectivity index (χ3v) is 5.27. The molecule has 0 spiro atoms. The van der Waals surface area contributed by atoms with Crippen LogP contribution in [0.25, 0.3) is 0 Å². The number of benzene rings is 3. The first-order valence-corrected chi connectivity index (χ1v) is 10.1. The van der Waals surface area contributed by atoms with E-state index < -0.39 is 6.10 Å². The van der Waals surface area contributed by atoms with Crippen LogP contribution in [0.1, 0.15) is 40.4 Å². The Bertz CT molecular complexity index is 1130. The molecule has 5 nitrogen and oxygen atoms in total. The minimum absolute atomic E-state index is 0.0105. The normalized spacial score (nSPS) is 14.4. The Balaban J connectivity index is 1.41. The number of aliphatic hydroxyl groups excluding tert-OH is 1. The van der Waals surface area contributed by atoms with E-state index in [1.165, 1.54) is 0 Å². The molecule has 5 heteroatoms. The standard InChI is InChI=1S/C26H24N2O3/c27-21-9-1-17(2-10-21)25(29)19-5-13-23(14-6-19)31-24-15-7-20(8-16-24)26(30)18-3-11-22(28)12-4-18/h1-3,5-11,13-16,25,29H,4,12,27-28H2. The molecule has 0 aliphatic heterocycles. The van der Waals surface area contributed by atoms with Crippen LogP contribution in [0.5, 0.6) is 11.5 Å². The number of anilines is 1. The zero-order valence-electron chi connectivity index (χ0n) is 17.0. The molecule has 0 saturated heterocycles. The van der Waals surface area contributed by atoms with E-state index in [0.29, 0.717) is 35.6 Å². The van der Waals surface area contributed by atoms with Gasteiger partial charge in [0.1, 0.15) is 17.6 Å². The van der Waals surface area contributed by atoms with Crippen LogP contribution < -0.4 is 16.2 Å². The van der Waals surface area contributed by atoms with E-state index in [9.17, 15) is 9.90 Å². The molecule has 3 aromatic rings. The SMILES string of the molecule is NC1=CC=C(C(=O)c2ccc(Oc3ccc(C(O)c4ccc(N)cc4)cc3)cc2)CC1. The molecule has 156 valence electrons. The largest absolute Gasteiger partial charge is 0.457 e. The van der Waals surface area contributed by atoms with Crippen molar-refractivity contribution in [1.82, 2.24) is 0 Å². The lowest BCUT2D eigenvalue weighted by Gasteiger charge is -2.13. The molecule has 0 fully saturated rings. The molecule has 31 heavy (non-hydrogen) atoms. The Kier molecular flexibility index (Phi) is 5.87. The smallest absolute Gasteiger partial charge is 0.189 e. The molecule has 1 aliphatic rings. The summed E-state index contributed by atoms with van der Waals surface area (Å²) < 4.78 is 5.88. The van der Waals surface area contributed by atoms with E-state index in [1.54, 1.807) is 60.7 Å². The van der Waals surface area contributed by atoms with Crippen molar-refractivity contribution in [3.8, 4) is 11.5 Å². The van der Waals surface area contributed by atoms with Crippen LogP contribution >= 0.6 is 0 Å². The first-order chi connectivity index (χ1) is 15.0. The van der Waals surface area contributed by atoms with Gasteiger partial charge in [-0.1, -0.05) is 30.3 Å². The Morgan fingerprint density at radius 1 is 0.774 bits per heavy atom. The topological polar surface area (TPSA) is 98.6 Å². The number of aliphatic hydroxyl groups is 1. The molecule has 0 amide bonds. The lowest BCUT2D eigenvalue weighted by Crippen LogP contribution is -2.09. The predicted molar refractivity (Wildman–Crippen MR) is 122 cm³/mol. The number of rotatable bonds is 6.